The number of hydrazine groups is 1. The summed E-state index contributed by atoms with van der Waals surface area (Å²) in [5.41, 5.74) is 0. The van der Waals surface area contributed by atoms with Crippen molar-refractivity contribution in [3.05, 3.63) is 0 Å². The zero-order valence-corrected chi connectivity index (χ0v) is 20.4. The molecule has 0 spiro atoms. The number of piperazine rings is 1. The molecule has 0 aromatic heterocycles. The van der Waals surface area contributed by atoms with Gasteiger partial charge >= 0.3 is 12.0 Å². The SMILES string of the molecule is COC(=O)CCN(C(=O)N1CCN(C2CCNCC2)CC1)N1CCCCC1.Cl.Cl.Cl. The number of hydrogen-bond donors (Lipinski definition) is 1. The fourth-order valence-electron chi connectivity index (χ4n) is 4.39. The summed E-state index contributed by atoms with van der Waals surface area (Å²) in [6.07, 6.45) is 6.06. The Labute approximate surface area is 199 Å². The van der Waals surface area contributed by atoms with Crippen molar-refractivity contribution in [3.8, 4) is 0 Å². The van der Waals surface area contributed by atoms with Crippen LogP contribution in [0.3, 0.4) is 0 Å². The van der Waals surface area contributed by atoms with Gasteiger partial charge in [-0.05, 0) is 38.8 Å². The first kappa shape index (κ1) is 29.5. The van der Waals surface area contributed by atoms with Crippen LogP contribution in [0.25, 0.3) is 0 Å². The number of ether oxygens (including phenoxy) is 1. The summed E-state index contributed by atoms with van der Waals surface area (Å²) < 4.78 is 4.77. The van der Waals surface area contributed by atoms with Crippen molar-refractivity contribution >= 4 is 49.2 Å². The van der Waals surface area contributed by atoms with E-state index in [-0.39, 0.29) is 55.6 Å². The van der Waals surface area contributed by atoms with Gasteiger partial charge < -0.3 is 15.0 Å². The van der Waals surface area contributed by atoms with E-state index in [1.54, 1.807) is 5.01 Å². The van der Waals surface area contributed by atoms with Crippen LogP contribution in [0, 0.1) is 0 Å². The standard InChI is InChI=1S/C19H35N5O3.3ClH/c1-27-18(25)7-12-24(23-10-3-2-4-11-23)19(26)22-15-13-21(14-16-22)17-5-8-20-9-6-17;;;/h17,20H,2-16H2,1H3;3*1H. The number of nitrogens with zero attached hydrogens (tertiary/aromatic N) is 4. The average molecular weight is 491 g/mol. The Hall–Kier alpha value is -0.510. The van der Waals surface area contributed by atoms with Gasteiger partial charge in [-0.25, -0.2) is 9.80 Å². The number of methoxy groups -OCH3 is 1. The zero-order chi connectivity index (χ0) is 19.1. The highest BCUT2D eigenvalue weighted by atomic mass is 35.5. The Morgan fingerprint density at radius 2 is 1.53 bits per heavy atom. The molecule has 11 heteroatoms. The van der Waals surface area contributed by atoms with Gasteiger partial charge in [0.1, 0.15) is 0 Å². The second kappa shape index (κ2) is 15.3. The molecule has 0 radical (unpaired) electrons. The van der Waals surface area contributed by atoms with Crippen LogP contribution in [0.2, 0.25) is 0 Å². The molecule has 0 aromatic carbocycles. The van der Waals surface area contributed by atoms with E-state index in [0.29, 0.717) is 12.6 Å². The summed E-state index contributed by atoms with van der Waals surface area (Å²) in [4.78, 5) is 29.3. The minimum atomic E-state index is -0.263. The van der Waals surface area contributed by atoms with E-state index in [1.165, 1.54) is 26.4 Å². The molecule has 0 aliphatic carbocycles. The number of nitrogens with one attached hydrogen (secondary N) is 1. The molecule has 3 aliphatic heterocycles. The van der Waals surface area contributed by atoms with Crippen LogP contribution in [0.5, 0.6) is 0 Å². The number of esters is 1. The quantitative estimate of drug-likeness (QED) is 0.595. The van der Waals surface area contributed by atoms with Crippen molar-refractivity contribution in [1.82, 2.24) is 25.1 Å². The summed E-state index contributed by atoms with van der Waals surface area (Å²) in [5.74, 6) is -0.263. The highest BCUT2D eigenvalue weighted by Gasteiger charge is 2.32. The molecule has 2 amide bonds. The van der Waals surface area contributed by atoms with Gasteiger partial charge in [-0.1, -0.05) is 6.42 Å². The predicted molar refractivity (Wildman–Crippen MR) is 125 cm³/mol. The van der Waals surface area contributed by atoms with Gasteiger partial charge in [0.15, 0.2) is 0 Å². The molecule has 3 saturated heterocycles. The lowest BCUT2D eigenvalue weighted by Gasteiger charge is -2.44. The van der Waals surface area contributed by atoms with E-state index in [9.17, 15) is 9.59 Å². The van der Waals surface area contributed by atoms with E-state index >= 15 is 0 Å². The normalized spacial score (nSPS) is 20.9. The number of halogens is 3. The van der Waals surface area contributed by atoms with Crippen molar-refractivity contribution in [2.45, 2.75) is 44.6 Å². The van der Waals surface area contributed by atoms with E-state index in [0.717, 1.165) is 65.2 Å². The van der Waals surface area contributed by atoms with Crippen molar-refractivity contribution in [2.24, 2.45) is 0 Å². The maximum atomic E-state index is 13.2. The average Bonchev–Trinajstić information content (AvgIpc) is 2.75. The second-order valence-electron chi connectivity index (χ2n) is 7.75. The largest absolute Gasteiger partial charge is 0.469 e. The molecular weight excluding hydrogens is 453 g/mol. The van der Waals surface area contributed by atoms with E-state index < -0.39 is 0 Å². The summed E-state index contributed by atoms with van der Waals surface area (Å²) in [6.45, 7) is 7.81. The monoisotopic (exact) mass is 489 g/mol. The minimum absolute atomic E-state index is 0. The number of rotatable bonds is 5. The first-order chi connectivity index (χ1) is 13.2. The Bertz CT molecular complexity index is 498. The zero-order valence-electron chi connectivity index (χ0n) is 17.9. The fourth-order valence-corrected chi connectivity index (χ4v) is 4.39. The molecule has 1 N–H and O–H groups in total. The van der Waals surface area contributed by atoms with Crippen molar-refractivity contribution in [2.75, 3.05) is 66.0 Å². The molecule has 3 heterocycles. The molecule has 0 atom stereocenters. The summed E-state index contributed by atoms with van der Waals surface area (Å²) >= 11 is 0. The molecule has 0 aromatic rings. The van der Waals surface area contributed by atoms with Gasteiger partial charge in [0.2, 0.25) is 0 Å². The molecular formula is C19H38Cl3N5O3. The smallest absolute Gasteiger partial charge is 0.334 e. The number of piperidine rings is 2. The van der Waals surface area contributed by atoms with Gasteiger partial charge in [-0.15, -0.1) is 37.2 Å². The van der Waals surface area contributed by atoms with Crippen LogP contribution in [0.1, 0.15) is 38.5 Å². The first-order valence-electron chi connectivity index (χ1n) is 10.5. The van der Waals surface area contributed by atoms with Crippen LogP contribution < -0.4 is 5.32 Å². The Morgan fingerprint density at radius 3 is 2.10 bits per heavy atom. The van der Waals surface area contributed by atoms with Crippen LogP contribution >= 0.6 is 37.2 Å². The number of amides is 2. The second-order valence-corrected chi connectivity index (χ2v) is 7.75. The molecule has 0 bridgehead atoms. The molecule has 3 aliphatic rings. The fraction of sp³-hybridized carbons (Fsp3) is 0.895. The van der Waals surface area contributed by atoms with Crippen LogP contribution in [0.15, 0.2) is 0 Å². The Morgan fingerprint density at radius 1 is 0.933 bits per heavy atom. The topological polar surface area (TPSA) is 68.4 Å². The molecule has 0 unspecified atom stereocenters. The number of hydrogen-bond acceptors (Lipinski definition) is 6. The first-order valence-corrected chi connectivity index (χ1v) is 10.5. The summed E-state index contributed by atoms with van der Waals surface area (Å²) in [7, 11) is 1.40. The number of carbonyl (C=O) groups excluding carboxylic acids is 2. The molecule has 3 rings (SSSR count). The molecule has 178 valence electrons. The van der Waals surface area contributed by atoms with E-state index in [4.69, 9.17) is 4.74 Å². The van der Waals surface area contributed by atoms with Gasteiger partial charge in [-0.2, -0.15) is 0 Å². The molecule has 0 saturated carbocycles. The van der Waals surface area contributed by atoms with Crippen LogP contribution in [0.4, 0.5) is 4.79 Å². The minimum Gasteiger partial charge on any atom is -0.469 e. The highest BCUT2D eigenvalue weighted by Crippen LogP contribution is 2.18. The van der Waals surface area contributed by atoms with Crippen LogP contribution in [-0.2, 0) is 9.53 Å². The molecule has 30 heavy (non-hydrogen) atoms. The third-order valence-electron chi connectivity index (χ3n) is 6.06. The van der Waals surface area contributed by atoms with Crippen LogP contribution in [-0.4, -0.2) is 104 Å². The summed E-state index contributed by atoms with van der Waals surface area (Å²) in [6, 6.07) is 0.701. The third-order valence-corrected chi connectivity index (χ3v) is 6.06. The lowest BCUT2D eigenvalue weighted by molar-refractivity contribution is -0.141. The van der Waals surface area contributed by atoms with Crippen molar-refractivity contribution < 1.29 is 14.3 Å². The van der Waals surface area contributed by atoms with Crippen molar-refractivity contribution in [3.63, 3.8) is 0 Å². The van der Waals surface area contributed by atoms with Gasteiger partial charge in [-0.3, -0.25) is 14.7 Å². The van der Waals surface area contributed by atoms with Gasteiger partial charge in [0, 0.05) is 51.9 Å². The highest BCUT2D eigenvalue weighted by molar-refractivity contribution is 5.86. The lowest BCUT2D eigenvalue weighted by Crippen LogP contribution is -2.59. The van der Waals surface area contributed by atoms with E-state index in [2.05, 4.69) is 15.2 Å². The third kappa shape index (κ3) is 8.20. The molecule has 8 nitrogen and oxygen atoms in total. The van der Waals surface area contributed by atoms with Gasteiger partial charge in [0.05, 0.1) is 13.5 Å². The Balaban J connectivity index is 0.00000280. The van der Waals surface area contributed by atoms with E-state index in [1.807, 2.05) is 4.90 Å². The Kier molecular flexibility index (Phi) is 15.1. The maximum Gasteiger partial charge on any atom is 0.334 e. The number of carbonyl (C=O) groups is 2. The van der Waals surface area contributed by atoms with Crippen molar-refractivity contribution in [1.29, 1.82) is 0 Å². The van der Waals surface area contributed by atoms with Gasteiger partial charge in [0.25, 0.3) is 0 Å². The molecule has 3 fully saturated rings. The summed E-state index contributed by atoms with van der Waals surface area (Å²) in [5, 5.41) is 7.35. The lowest BCUT2D eigenvalue weighted by atomic mass is 10.0. The number of urea groups is 1. The maximum absolute atomic E-state index is 13.2. The predicted octanol–water partition coefficient (Wildman–Crippen LogP) is 2.01.